The molecular weight excluding hydrogens is 442 g/mol. The predicted octanol–water partition coefficient (Wildman–Crippen LogP) is 6.19. The van der Waals surface area contributed by atoms with Crippen molar-refractivity contribution in [2.75, 3.05) is 13.2 Å². The molecule has 1 aromatic rings. The summed E-state index contributed by atoms with van der Waals surface area (Å²) in [6.07, 6.45) is 8.13. The average Bonchev–Trinajstić information content (AvgIpc) is 3.63. The Bertz CT molecular complexity index is 858. The van der Waals surface area contributed by atoms with E-state index in [1.165, 1.54) is 12.8 Å². The third-order valence-electron chi connectivity index (χ3n) is 9.45. The molecule has 7 atom stereocenters. The first-order valence-corrected chi connectivity index (χ1v) is 13.9. The van der Waals surface area contributed by atoms with Crippen LogP contribution in [0.15, 0.2) is 24.3 Å². The Balaban J connectivity index is 1.36. The first-order chi connectivity index (χ1) is 16.7. The molecule has 5 rings (SSSR count). The molecule has 6 heteroatoms. The smallest absolute Gasteiger partial charge is 0.175 e. The summed E-state index contributed by atoms with van der Waals surface area (Å²) in [4.78, 5) is 6.89. The van der Waals surface area contributed by atoms with Crippen molar-refractivity contribution in [1.82, 2.24) is 5.06 Å². The van der Waals surface area contributed by atoms with Crippen molar-refractivity contribution < 1.29 is 23.8 Å². The van der Waals surface area contributed by atoms with Crippen LogP contribution in [-0.2, 0) is 19.0 Å². The summed E-state index contributed by atoms with van der Waals surface area (Å²) in [6, 6.07) is 8.29. The third-order valence-corrected chi connectivity index (χ3v) is 9.45. The minimum atomic E-state index is -0.539. The molecule has 7 unspecified atom stereocenters. The largest absolute Gasteiger partial charge is 0.491 e. The van der Waals surface area contributed by atoms with Gasteiger partial charge in [0.2, 0.25) is 0 Å². The molecule has 4 aliphatic rings. The van der Waals surface area contributed by atoms with E-state index in [4.69, 9.17) is 23.8 Å². The Hall–Kier alpha value is -1.18. The van der Waals surface area contributed by atoms with Gasteiger partial charge in [0.15, 0.2) is 5.79 Å². The van der Waals surface area contributed by atoms with Crippen LogP contribution >= 0.6 is 0 Å². The van der Waals surface area contributed by atoms with E-state index in [-0.39, 0.29) is 41.4 Å². The van der Waals surface area contributed by atoms with Gasteiger partial charge in [-0.25, -0.2) is 0 Å². The molecule has 3 heterocycles. The summed E-state index contributed by atoms with van der Waals surface area (Å²) < 4.78 is 24.8. The Labute approximate surface area is 211 Å². The van der Waals surface area contributed by atoms with Crippen LogP contribution < -0.4 is 4.74 Å². The van der Waals surface area contributed by atoms with Crippen LogP contribution in [0.1, 0.15) is 98.2 Å². The predicted molar refractivity (Wildman–Crippen MR) is 135 cm³/mol. The topological polar surface area (TPSA) is 52.7 Å². The van der Waals surface area contributed by atoms with Gasteiger partial charge in [-0.1, -0.05) is 45.7 Å². The normalized spacial score (nSPS) is 42.1. The van der Waals surface area contributed by atoms with Crippen molar-refractivity contribution in [3.8, 4) is 5.75 Å². The van der Waals surface area contributed by atoms with Crippen molar-refractivity contribution in [1.29, 1.82) is 0 Å². The minimum absolute atomic E-state index is 0.0817. The Morgan fingerprint density at radius 1 is 1.03 bits per heavy atom. The van der Waals surface area contributed by atoms with E-state index in [2.05, 4.69) is 58.7 Å². The maximum absolute atomic E-state index is 6.89. The second-order valence-corrected chi connectivity index (χ2v) is 11.7. The molecule has 0 amide bonds. The Morgan fingerprint density at radius 2 is 1.66 bits per heavy atom. The lowest BCUT2D eigenvalue weighted by Crippen LogP contribution is -2.71. The van der Waals surface area contributed by atoms with E-state index in [9.17, 15) is 0 Å². The highest BCUT2D eigenvalue weighted by atomic mass is 16.8. The standard InChI is InChI=1S/C29H45NO5/c1-7-27(5)19-29(33-25-11-9-10-12-26(25)34-29)21(4)28(6,8-2)30(27)35-20(3)22-13-15-23(16-14-22)31-17-24-18-32-24/h13-16,20-21,24-26H,7-12,17-19H2,1-6H3. The van der Waals surface area contributed by atoms with Gasteiger partial charge in [0.05, 0.1) is 24.4 Å². The van der Waals surface area contributed by atoms with Crippen LogP contribution in [0.3, 0.4) is 0 Å². The summed E-state index contributed by atoms with van der Waals surface area (Å²) in [5.74, 6) is 0.513. The summed E-state index contributed by atoms with van der Waals surface area (Å²) >= 11 is 0. The second-order valence-electron chi connectivity index (χ2n) is 11.7. The number of hydrogen-bond acceptors (Lipinski definition) is 6. The molecule has 0 bridgehead atoms. The molecule has 1 aliphatic carbocycles. The van der Waals surface area contributed by atoms with Crippen molar-refractivity contribution in [3.05, 3.63) is 29.8 Å². The van der Waals surface area contributed by atoms with Gasteiger partial charge in [-0.15, -0.1) is 0 Å². The molecule has 3 aliphatic heterocycles. The highest BCUT2D eigenvalue weighted by Crippen LogP contribution is 2.57. The SMILES string of the molecule is CCC1(C)CC2(OC3CCCCC3O2)C(C)C(C)(CC)N1OC(C)c1ccc(OCC2CO2)cc1. The number of epoxide rings is 1. The molecule has 3 saturated heterocycles. The Kier molecular flexibility index (Phi) is 6.99. The number of hydrogen-bond donors (Lipinski definition) is 0. The van der Waals surface area contributed by atoms with E-state index in [1.54, 1.807) is 0 Å². The molecular formula is C29H45NO5. The van der Waals surface area contributed by atoms with E-state index >= 15 is 0 Å². The number of fused-ring (bicyclic) bond motifs is 1. The van der Waals surface area contributed by atoms with Gasteiger partial charge in [-0.2, -0.15) is 5.06 Å². The molecule has 1 saturated carbocycles. The van der Waals surface area contributed by atoms with E-state index < -0.39 is 5.79 Å². The Morgan fingerprint density at radius 3 is 2.20 bits per heavy atom. The first-order valence-electron chi connectivity index (χ1n) is 13.9. The van der Waals surface area contributed by atoms with Crippen LogP contribution in [0.2, 0.25) is 0 Å². The number of ether oxygens (including phenoxy) is 4. The highest BCUT2D eigenvalue weighted by Gasteiger charge is 2.65. The summed E-state index contributed by atoms with van der Waals surface area (Å²) in [5.41, 5.74) is 0.717. The molecule has 0 radical (unpaired) electrons. The van der Waals surface area contributed by atoms with Gasteiger partial charge in [0.25, 0.3) is 0 Å². The summed E-state index contributed by atoms with van der Waals surface area (Å²) in [7, 11) is 0. The van der Waals surface area contributed by atoms with Gasteiger partial charge in [-0.05, 0) is 64.2 Å². The fourth-order valence-electron chi connectivity index (χ4n) is 6.56. The summed E-state index contributed by atoms with van der Waals surface area (Å²) in [6.45, 7) is 15.1. The number of hydroxylamine groups is 2. The maximum atomic E-state index is 6.89. The molecule has 35 heavy (non-hydrogen) atoms. The number of piperidine rings is 1. The molecule has 1 aromatic carbocycles. The van der Waals surface area contributed by atoms with Crippen molar-refractivity contribution in [2.24, 2.45) is 5.92 Å². The maximum Gasteiger partial charge on any atom is 0.175 e. The highest BCUT2D eigenvalue weighted by molar-refractivity contribution is 5.28. The van der Waals surface area contributed by atoms with E-state index in [0.29, 0.717) is 6.61 Å². The van der Waals surface area contributed by atoms with Gasteiger partial charge < -0.3 is 18.9 Å². The number of nitrogens with zero attached hydrogens (tertiary/aromatic N) is 1. The monoisotopic (exact) mass is 487 g/mol. The summed E-state index contributed by atoms with van der Waals surface area (Å²) in [5, 5.41) is 2.32. The van der Waals surface area contributed by atoms with E-state index in [1.807, 2.05) is 12.1 Å². The minimum Gasteiger partial charge on any atom is -0.491 e. The fraction of sp³-hybridized carbons (Fsp3) is 0.793. The van der Waals surface area contributed by atoms with Crippen LogP contribution in [-0.4, -0.2) is 53.5 Å². The van der Waals surface area contributed by atoms with Crippen LogP contribution in [0, 0.1) is 5.92 Å². The van der Waals surface area contributed by atoms with Crippen molar-refractivity contribution in [2.45, 2.75) is 128 Å². The molecule has 1 spiro atoms. The van der Waals surface area contributed by atoms with E-state index in [0.717, 1.165) is 50.0 Å². The second kappa shape index (κ2) is 9.60. The third kappa shape index (κ3) is 4.66. The lowest BCUT2D eigenvalue weighted by molar-refractivity contribution is -0.381. The van der Waals surface area contributed by atoms with Crippen LogP contribution in [0.25, 0.3) is 0 Å². The van der Waals surface area contributed by atoms with Gasteiger partial charge >= 0.3 is 0 Å². The van der Waals surface area contributed by atoms with Crippen molar-refractivity contribution >= 4 is 0 Å². The van der Waals surface area contributed by atoms with Gasteiger partial charge in [-0.3, -0.25) is 4.84 Å². The molecule has 4 fully saturated rings. The van der Waals surface area contributed by atoms with Crippen molar-refractivity contribution in [3.63, 3.8) is 0 Å². The number of benzene rings is 1. The molecule has 0 N–H and O–H groups in total. The zero-order chi connectivity index (χ0) is 24.8. The molecule has 196 valence electrons. The lowest BCUT2D eigenvalue weighted by atomic mass is 9.67. The number of rotatable bonds is 8. The van der Waals surface area contributed by atoms with Crippen LogP contribution in [0.5, 0.6) is 5.75 Å². The zero-order valence-corrected chi connectivity index (χ0v) is 22.5. The zero-order valence-electron chi connectivity index (χ0n) is 22.5. The quantitative estimate of drug-likeness (QED) is 0.408. The molecule has 0 aromatic heterocycles. The average molecular weight is 488 g/mol. The fourth-order valence-corrected chi connectivity index (χ4v) is 6.56. The van der Waals surface area contributed by atoms with Crippen LogP contribution in [0.4, 0.5) is 0 Å². The van der Waals surface area contributed by atoms with Gasteiger partial charge in [0, 0.05) is 17.9 Å². The lowest BCUT2D eigenvalue weighted by Gasteiger charge is -2.62. The van der Waals surface area contributed by atoms with Gasteiger partial charge in [0.1, 0.15) is 24.6 Å². The molecule has 6 nitrogen and oxygen atoms in total. The first kappa shape index (κ1) is 25.5.